The van der Waals surface area contributed by atoms with Crippen molar-refractivity contribution < 1.29 is 0 Å². The number of allylic oxidation sites excluding steroid dienone is 3. The zero-order valence-corrected chi connectivity index (χ0v) is 7.19. The molecule has 1 aromatic rings. The summed E-state index contributed by atoms with van der Waals surface area (Å²) >= 11 is 1.72. The van der Waals surface area contributed by atoms with Crippen LogP contribution in [0.15, 0.2) is 17.7 Å². The van der Waals surface area contributed by atoms with E-state index in [0.29, 0.717) is 0 Å². The summed E-state index contributed by atoms with van der Waals surface area (Å²) in [5.41, 5.74) is 4.38. The molecule has 0 radical (unpaired) electrons. The van der Waals surface area contributed by atoms with Crippen molar-refractivity contribution in [3.05, 3.63) is 28.2 Å². The SMILES string of the molecule is CC1=CCC=Cc2ncsc21. The average molecular weight is 163 g/mol. The van der Waals surface area contributed by atoms with Crippen LogP contribution in [0.3, 0.4) is 0 Å². The summed E-state index contributed by atoms with van der Waals surface area (Å²) in [6, 6.07) is 0. The van der Waals surface area contributed by atoms with Gasteiger partial charge in [-0.15, -0.1) is 11.3 Å². The summed E-state index contributed by atoms with van der Waals surface area (Å²) in [5, 5.41) is 0. The Morgan fingerprint density at radius 2 is 2.45 bits per heavy atom. The molecule has 0 amide bonds. The molecule has 1 nitrogen and oxygen atoms in total. The summed E-state index contributed by atoms with van der Waals surface area (Å²) < 4.78 is 0. The molecule has 11 heavy (non-hydrogen) atoms. The molecule has 0 saturated carbocycles. The first-order valence-corrected chi connectivity index (χ1v) is 4.53. The zero-order valence-electron chi connectivity index (χ0n) is 6.37. The lowest BCUT2D eigenvalue weighted by Crippen LogP contribution is -1.76. The van der Waals surface area contributed by atoms with Crippen molar-refractivity contribution in [2.45, 2.75) is 13.3 Å². The Hall–Kier alpha value is -0.890. The van der Waals surface area contributed by atoms with Gasteiger partial charge in [0.05, 0.1) is 16.1 Å². The minimum absolute atomic E-state index is 1.04. The normalized spacial score (nSPS) is 15.5. The number of rotatable bonds is 0. The van der Waals surface area contributed by atoms with E-state index < -0.39 is 0 Å². The second-order valence-electron chi connectivity index (χ2n) is 2.59. The molecule has 2 heteroatoms. The number of hydrogen-bond donors (Lipinski definition) is 0. The molecule has 0 spiro atoms. The lowest BCUT2D eigenvalue weighted by Gasteiger charge is -1.93. The Morgan fingerprint density at radius 3 is 3.36 bits per heavy atom. The van der Waals surface area contributed by atoms with E-state index in [0.717, 1.165) is 12.1 Å². The lowest BCUT2D eigenvalue weighted by molar-refractivity contribution is 1.37. The molecule has 1 aliphatic carbocycles. The van der Waals surface area contributed by atoms with Crippen LogP contribution in [0.25, 0.3) is 11.6 Å². The van der Waals surface area contributed by atoms with Gasteiger partial charge in [-0.05, 0) is 25.0 Å². The topological polar surface area (TPSA) is 12.9 Å². The molecule has 0 fully saturated rings. The molecule has 1 heterocycles. The highest BCUT2D eigenvalue weighted by atomic mass is 32.1. The number of fused-ring (bicyclic) bond motifs is 1. The van der Waals surface area contributed by atoms with Crippen LogP contribution in [0.4, 0.5) is 0 Å². The van der Waals surface area contributed by atoms with Crippen LogP contribution >= 0.6 is 11.3 Å². The average Bonchev–Trinajstić information content (AvgIpc) is 2.40. The van der Waals surface area contributed by atoms with Crippen LogP contribution in [-0.2, 0) is 0 Å². The van der Waals surface area contributed by atoms with Gasteiger partial charge in [-0.2, -0.15) is 0 Å². The monoisotopic (exact) mass is 163 g/mol. The first kappa shape index (κ1) is 6.80. The van der Waals surface area contributed by atoms with Gasteiger partial charge in [-0.3, -0.25) is 0 Å². The summed E-state index contributed by atoms with van der Waals surface area (Å²) in [5.74, 6) is 0. The summed E-state index contributed by atoms with van der Waals surface area (Å²) in [4.78, 5) is 5.58. The maximum absolute atomic E-state index is 4.26. The summed E-state index contributed by atoms with van der Waals surface area (Å²) in [6.45, 7) is 2.14. The van der Waals surface area contributed by atoms with Gasteiger partial charge < -0.3 is 0 Å². The van der Waals surface area contributed by atoms with Crippen LogP contribution in [-0.4, -0.2) is 4.98 Å². The largest absolute Gasteiger partial charge is 0.245 e. The van der Waals surface area contributed by atoms with Gasteiger partial charge in [0.25, 0.3) is 0 Å². The molecule has 0 atom stereocenters. The Balaban J connectivity index is 2.59. The molecule has 0 bridgehead atoms. The van der Waals surface area contributed by atoms with Crippen LogP contribution in [0.1, 0.15) is 23.9 Å². The molecule has 0 unspecified atom stereocenters. The van der Waals surface area contributed by atoms with E-state index >= 15 is 0 Å². The number of aromatic nitrogens is 1. The van der Waals surface area contributed by atoms with E-state index in [4.69, 9.17) is 0 Å². The molecule has 1 aliphatic rings. The van der Waals surface area contributed by atoms with Crippen molar-refractivity contribution in [3.63, 3.8) is 0 Å². The molecular weight excluding hydrogens is 154 g/mol. The number of hydrogen-bond acceptors (Lipinski definition) is 2. The van der Waals surface area contributed by atoms with Crippen molar-refractivity contribution in [2.24, 2.45) is 0 Å². The number of nitrogens with zero attached hydrogens (tertiary/aromatic N) is 1. The third-order valence-corrected chi connectivity index (χ3v) is 2.77. The maximum Gasteiger partial charge on any atom is 0.0811 e. The molecule has 56 valence electrons. The molecule has 2 rings (SSSR count). The predicted octanol–water partition coefficient (Wildman–Crippen LogP) is 2.96. The van der Waals surface area contributed by atoms with Gasteiger partial charge in [-0.1, -0.05) is 12.2 Å². The summed E-state index contributed by atoms with van der Waals surface area (Å²) in [7, 11) is 0. The van der Waals surface area contributed by atoms with Crippen molar-refractivity contribution in [1.29, 1.82) is 0 Å². The highest BCUT2D eigenvalue weighted by Crippen LogP contribution is 2.26. The minimum atomic E-state index is 1.04. The van der Waals surface area contributed by atoms with Crippen LogP contribution in [0, 0.1) is 0 Å². The molecule has 0 N–H and O–H groups in total. The van der Waals surface area contributed by atoms with Crippen LogP contribution < -0.4 is 0 Å². The van der Waals surface area contributed by atoms with Gasteiger partial charge in [0.1, 0.15) is 0 Å². The van der Waals surface area contributed by atoms with Crippen molar-refractivity contribution in [2.75, 3.05) is 0 Å². The molecular formula is C9H9NS. The van der Waals surface area contributed by atoms with E-state index in [-0.39, 0.29) is 0 Å². The van der Waals surface area contributed by atoms with E-state index in [1.54, 1.807) is 11.3 Å². The smallest absolute Gasteiger partial charge is 0.0811 e. The molecule has 0 saturated heterocycles. The van der Waals surface area contributed by atoms with E-state index in [9.17, 15) is 0 Å². The fourth-order valence-corrected chi connectivity index (χ4v) is 1.97. The van der Waals surface area contributed by atoms with Gasteiger partial charge >= 0.3 is 0 Å². The van der Waals surface area contributed by atoms with Crippen molar-refractivity contribution in [3.8, 4) is 0 Å². The predicted molar refractivity (Wildman–Crippen MR) is 49.4 cm³/mol. The van der Waals surface area contributed by atoms with E-state index in [2.05, 4.69) is 30.1 Å². The van der Waals surface area contributed by atoms with Crippen molar-refractivity contribution in [1.82, 2.24) is 4.98 Å². The number of thiazole rings is 1. The van der Waals surface area contributed by atoms with E-state index in [1.807, 2.05) is 5.51 Å². The molecule has 0 aliphatic heterocycles. The first-order valence-electron chi connectivity index (χ1n) is 3.65. The molecule has 0 aromatic carbocycles. The molecule has 1 aromatic heterocycles. The van der Waals surface area contributed by atoms with Crippen LogP contribution in [0.2, 0.25) is 0 Å². The second kappa shape index (κ2) is 2.62. The van der Waals surface area contributed by atoms with Gasteiger partial charge in [-0.25, -0.2) is 4.98 Å². The maximum atomic E-state index is 4.26. The highest BCUT2D eigenvalue weighted by molar-refractivity contribution is 7.11. The Labute approximate surface area is 70.1 Å². The Morgan fingerprint density at radius 1 is 1.55 bits per heavy atom. The third kappa shape index (κ3) is 1.14. The van der Waals surface area contributed by atoms with Gasteiger partial charge in [0, 0.05) is 0 Å². The van der Waals surface area contributed by atoms with E-state index in [1.165, 1.54) is 10.5 Å². The quantitative estimate of drug-likeness (QED) is 0.573. The van der Waals surface area contributed by atoms with Gasteiger partial charge in [0.15, 0.2) is 0 Å². The fraction of sp³-hybridized carbons (Fsp3) is 0.222. The van der Waals surface area contributed by atoms with Crippen LogP contribution in [0.5, 0.6) is 0 Å². The summed E-state index contributed by atoms with van der Waals surface area (Å²) in [6.07, 6.45) is 7.52. The second-order valence-corrected chi connectivity index (χ2v) is 3.45. The van der Waals surface area contributed by atoms with Gasteiger partial charge in [0.2, 0.25) is 0 Å². The van der Waals surface area contributed by atoms with Crippen molar-refractivity contribution >= 4 is 23.0 Å². The standard InChI is InChI=1S/C9H9NS/c1-7-4-2-3-5-8-9(7)11-6-10-8/h3-6H,2H2,1H3. The Kier molecular flexibility index (Phi) is 1.62. The lowest BCUT2D eigenvalue weighted by atomic mass is 10.2. The Bertz CT molecular complexity index is 320. The zero-order chi connectivity index (χ0) is 7.68. The fourth-order valence-electron chi connectivity index (χ4n) is 1.19. The minimum Gasteiger partial charge on any atom is -0.245 e. The highest BCUT2D eigenvalue weighted by Gasteiger charge is 2.05. The third-order valence-electron chi connectivity index (χ3n) is 1.79. The first-order chi connectivity index (χ1) is 5.38.